The molecule has 0 N–H and O–H groups in total. The van der Waals surface area contributed by atoms with Crippen molar-refractivity contribution in [1.29, 1.82) is 0 Å². The first-order valence-corrected chi connectivity index (χ1v) is 17.2. The monoisotopic (exact) mass is 886 g/mol. The van der Waals surface area contributed by atoms with Crippen LogP contribution in [0.15, 0.2) is 20.1 Å². The maximum Gasteiger partial charge on any atom is 0.460 e. The third kappa shape index (κ3) is 6.30. The quantitative estimate of drug-likeness (QED) is 0.102. The van der Waals surface area contributed by atoms with Crippen molar-refractivity contribution in [1.82, 2.24) is 18.3 Å². The third-order valence-electron chi connectivity index (χ3n) is 7.13. The van der Waals surface area contributed by atoms with E-state index in [-0.39, 0.29) is 19.2 Å². The summed E-state index contributed by atoms with van der Waals surface area (Å²) < 4.78 is 247. The molecule has 2 aromatic heterocycles. The van der Waals surface area contributed by atoms with Crippen LogP contribution >= 0.6 is 72.2 Å². The lowest BCUT2D eigenvalue weighted by atomic mass is 10.0. The molecule has 2 aliphatic heterocycles. The molecule has 292 valence electrons. The molecular weight excluding hydrogens is 869 g/mol. The van der Waals surface area contributed by atoms with Crippen LogP contribution in [0.3, 0.4) is 0 Å². The second-order valence-corrected chi connectivity index (χ2v) is 18.0. The molecule has 0 fully saturated rings. The summed E-state index contributed by atoms with van der Waals surface area (Å²) in [5, 5.41) is -1.43. The SMILES string of the molecule is CC(C)n1c2c(n(CC(F)(F)C(F)(F)C(F)(F)C(F)(F)F)c1=S)S[N+]1(Sc3c(n(C(C)C)c(=S)n3CC(F)(F)C(F)(F)C(F)(F)C(F)(F)F)S1)S2. The molecule has 51 heavy (non-hydrogen) atoms. The minimum atomic E-state index is -7.22. The van der Waals surface area contributed by atoms with Crippen LogP contribution in [0.2, 0.25) is 0 Å². The van der Waals surface area contributed by atoms with Crippen LogP contribution in [0.4, 0.5) is 79.0 Å². The molecule has 1 spiro atoms. The molecule has 0 saturated heterocycles. The van der Waals surface area contributed by atoms with E-state index in [0.29, 0.717) is 47.8 Å². The molecule has 2 aliphatic rings. The Morgan fingerprint density at radius 3 is 0.961 bits per heavy atom. The number of hydrogen-bond acceptors (Lipinski definition) is 6. The van der Waals surface area contributed by atoms with Crippen LogP contribution in [-0.4, -0.2) is 68.3 Å². The lowest BCUT2D eigenvalue weighted by molar-refractivity contribution is -0.397. The van der Waals surface area contributed by atoms with E-state index in [9.17, 15) is 79.0 Å². The molecule has 0 aliphatic carbocycles. The van der Waals surface area contributed by atoms with Gasteiger partial charge >= 0.3 is 47.9 Å². The molecule has 0 aromatic carbocycles. The third-order valence-corrected chi connectivity index (χ3v) is 14.1. The molecule has 0 bridgehead atoms. The van der Waals surface area contributed by atoms with E-state index in [2.05, 4.69) is 0 Å². The lowest BCUT2D eigenvalue weighted by Gasteiger charge is -2.34. The minimum absolute atomic E-state index is 0.150. The zero-order valence-corrected chi connectivity index (χ0v) is 30.0. The topological polar surface area (TPSA) is 19.7 Å². The van der Waals surface area contributed by atoms with E-state index in [1.807, 2.05) is 0 Å². The largest absolute Gasteiger partial charge is 0.460 e. The molecule has 0 atom stereocenters. The fourth-order valence-electron chi connectivity index (χ4n) is 4.52. The Morgan fingerprint density at radius 1 is 0.471 bits per heavy atom. The molecule has 29 heteroatoms. The van der Waals surface area contributed by atoms with E-state index in [1.54, 1.807) is 0 Å². The molecule has 0 saturated carbocycles. The average molecular weight is 887 g/mol. The summed E-state index contributed by atoms with van der Waals surface area (Å²) in [7, 11) is 0. The van der Waals surface area contributed by atoms with Gasteiger partial charge in [-0.15, -0.1) is 0 Å². The summed E-state index contributed by atoms with van der Waals surface area (Å²) in [6, 6.07) is -1.68. The highest BCUT2D eigenvalue weighted by atomic mass is 32.3. The van der Waals surface area contributed by atoms with Crippen LogP contribution in [0, 0.1) is 9.54 Å². The van der Waals surface area contributed by atoms with E-state index in [1.165, 1.54) is 27.7 Å². The Kier molecular flexibility index (Phi) is 10.5. The minimum Gasteiger partial charge on any atom is -0.304 e. The highest BCUT2D eigenvalue weighted by Crippen LogP contribution is 2.72. The second-order valence-electron chi connectivity index (χ2n) is 11.4. The molecule has 2 aromatic rings. The Hall–Kier alpha value is -1.04. The fraction of sp³-hybridized carbons (Fsp3) is 0.727. The van der Waals surface area contributed by atoms with Crippen LogP contribution in [0.1, 0.15) is 39.8 Å². The van der Waals surface area contributed by atoms with Gasteiger partial charge in [0.05, 0.1) is 13.1 Å². The predicted octanol–water partition coefficient (Wildman–Crippen LogP) is 12.0. The number of nitrogens with zero attached hydrogens (tertiary/aromatic N) is 5. The van der Waals surface area contributed by atoms with Crippen molar-refractivity contribution in [3.8, 4) is 0 Å². The smallest absolute Gasteiger partial charge is 0.304 e. The number of quaternary nitrogens is 1. The predicted molar refractivity (Wildman–Crippen MR) is 153 cm³/mol. The lowest BCUT2D eigenvalue weighted by Crippen LogP contribution is -2.62. The Labute approximate surface area is 301 Å². The summed E-state index contributed by atoms with van der Waals surface area (Å²) in [5.74, 6) is -40.7. The highest BCUT2D eigenvalue weighted by Gasteiger charge is 2.83. The van der Waals surface area contributed by atoms with Crippen molar-refractivity contribution in [2.45, 2.75) is 121 Å². The van der Waals surface area contributed by atoms with Gasteiger partial charge in [-0.1, -0.05) is 2.10 Å². The summed E-state index contributed by atoms with van der Waals surface area (Å²) in [6.07, 6.45) is -14.2. The Morgan fingerprint density at radius 2 is 0.725 bits per heavy atom. The Bertz CT molecular complexity index is 1690. The number of imidazole rings is 2. The standard InChI is InChI=1S/C22H18F18N5S6/c1-7(2)43-11-9(41(13(43)46)5-15(23,24)17(27,28)19(31,32)21(35,36)37)48-45(50-11)49-10-12(51-45)44(8(3)4)14(47)42(10)6-16(25,26)18(29,30)20(33,34)22(38,39)40/h7-8H,5-6H2,1-4H3/q+1. The number of rotatable bonds is 10. The van der Waals surface area contributed by atoms with Crippen LogP contribution in [-0.2, 0) is 13.1 Å². The summed E-state index contributed by atoms with van der Waals surface area (Å²) in [5.41, 5.74) is 0. The zero-order chi connectivity index (χ0) is 39.7. The van der Waals surface area contributed by atoms with Gasteiger partial charge in [0, 0.05) is 12.1 Å². The molecule has 4 rings (SSSR count). The first-order chi connectivity index (χ1) is 22.5. The van der Waals surface area contributed by atoms with Crippen LogP contribution in [0.5, 0.6) is 0 Å². The maximum absolute atomic E-state index is 14.8. The second kappa shape index (κ2) is 12.5. The summed E-state index contributed by atoms with van der Waals surface area (Å²) in [4.78, 5) is 0. The Balaban J connectivity index is 1.80. The highest BCUT2D eigenvalue weighted by molar-refractivity contribution is 8.31. The average Bonchev–Trinajstić information content (AvgIpc) is 3.60. The maximum atomic E-state index is 14.8. The van der Waals surface area contributed by atoms with Gasteiger partial charge < -0.3 is 9.13 Å². The number of fused-ring (bicyclic) bond motifs is 2. The zero-order valence-electron chi connectivity index (χ0n) is 25.1. The molecule has 4 heterocycles. The number of hydrogen-bond donors (Lipinski definition) is 0. The van der Waals surface area contributed by atoms with Crippen molar-refractivity contribution >= 4 is 72.2 Å². The number of halogens is 18. The van der Waals surface area contributed by atoms with E-state index < -0.39 is 94.8 Å². The van der Waals surface area contributed by atoms with Crippen molar-refractivity contribution < 1.29 is 81.1 Å². The van der Waals surface area contributed by atoms with Gasteiger partial charge in [0.15, 0.2) is 77.4 Å². The van der Waals surface area contributed by atoms with Crippen molar-refractivity contribution in [2.24, 2.45) is 0 Å². The van der Waals surface area contributed by atoms with Gasteiger partial charge in [0.25, 0.3) is 0 Å². The molecule has 0 amide bonds. The first kappa shape index (κ1) is 42.7. The first-order valence-electron chi connectivity index (χ1n) is 13.3. The van der Waals surface area contributed by atoms with Crippen LogP contribution in [0.25, 0.3) is 0 Å². The summed E-state index contributed by atoms with van der Waals surface area (Å²) in [6.45, 7) is 0.432. The molecule has 5 nitrogen and oxygen atoms in total. The van der Waals surface area contributed by atoms with Gasteiger partial charge in [-0.25, -0.2) is 0 Å². The van der Waals surface area contributed by atoms with Crippen molar-refractivity contribution in [3.05, 3.63) is 9.54 Å². The van der Waals surface area contributed by atoms with Gasteiger partial charge in [-0.2, -0.15) is 79.0 Å². The van der Waals surface area contributed by atoms with Gasteiger partial charge in [-0.3, -0.25) is 9.13 Å². The molecular formula is C22H18F18N5S6+. The molecule has 0 unspecified atom stereocenters. The van der Waals surface area contributed by atoms with Crippen LogP contribution < -0.4 is 0 Å². The van der Waals surface area contributed by atoms with E-state index >= 15 is 0 Å². The van der Waals surface area contributed by atoms with E-state index in [0.717, 1.165) is 9.13 Å². The van der Waals surface area contributed by atoms with E-state index in [4.69, 9.17) is 24.4 Å². The fourth-order valence-corrected chi connectivity index (χ4v) is 12.4. The number of alkyl halides is 18. The van der Waals surface area contributed by atoms with Crippen molar-refractivity contribution in [3.63, 3.8) is 0 Å². The van der Waals surface area contributed by atoms with Gasteiger partial charge in [0.2, 0.25) is 0 Å². The van der Waals surface area contributed by atoms with Gasteiger partial charge in [-0.05, 0) is 52.1 Å². The number of aromatic nitrogens is 4. The molecule has 0 radical (unpaired) electrons. The normalized spacial score (nSPS) is 17.7. The summed E-state index contributed by atoms with van der Waals surface area (Å²) >= 11 is 12.0. The van der Waals surface area contributed by atoms with Gasteiger partial charge in [0.1, 0.15) is 0 Å². The van der Waals surface area contributed by atoms with Crippen molar-refractivity contribution in [2.75, 3.05) is 0 Å².